The fourth-order valence-electron chi connectivity index (χ4n) is 3.33. The van der Waals surface area contributed by atoms with E-state index >= 15 is 0 Å². The smallest absolute Gasteiger partial charge is 0.338 e. The Labute approximate surface area is 176 Å². The lowest BCUT2D eigenvalue weighted by molar-refractivity contribution is -0.134. The highest BCUT2D eigenvalue weighted by Crippen LogP contribution is 2.29. The SMILES string of the molecule is CCOc1cc(C(=O)OCc2c(C)noc2C)ccc1OCC(=O)N1CCCCC1. The van der Waals surface area contributed by atoms with Crippen molar-refractivity contribution in [3.63, 3.8) is 0 Å². The van der Waals surface area contributed by atoms with Gasteiger partial charge >= 0.3 is 5.97 Å². The van der Waals surface area contributed by atoms with Crippen molar-refractivity contribution in [3.05, 3.63) is 40.8 Å². The van der Waals surface area contributed by atoms with Gasteiger partial charge in [0.1, 0.15) is 12.4 Å². The van der Waals surface area contributed by atoms with Gasteiger partial charge in [-0.05, 0) is 58.2 Å². The van der Waals surface area contributed by atoms with Crippen molar-refractivity contribution in [2.24, 2.45) is 0 Å². The molecule has 0 spiro atoms. The number of aryl methyl sites for hydroxylation is 2. The molecule has 30 heavy (non-hydrogen) atoms. The molecule has 1 amide bonds. The van der Waals surface area contributed by atoms with Crippen molar-refractivity contribution >= 4 is 11.9 Å². The average molecular weight is 416 g/mol. The van der Waals surface area contributed by atoms with Crippen LogP contribution in [0.1, 0.15) is 53.6 Å². The van der Waals surface area contributed by atoms with Gasteiger partial charge in [-0.3, -0.25) is 4.79 Å². The molecule has 0 saturated carbocycles. The van der Waals surface area contributed by atoms with Crippen LogP contribution < -0.4 is 9.47 Å². The molecule has 2 aromatic rings. The van der Waals surface area contributed by atoms with Crippen LogP contribution in [0, 0.1) is 13.8 Å². The molecule has 0 bridgehead atoms. The van der Waals surface area contributed by atoms with Gasteiger partial charge in [0.2, 0.25) is 0 Å². The van der Waals surface area contributed by atoms with Gasteiger partial charge in [-0.15, -0.1) is 0 Å². The molecule has 0 N–H and O–H groups in total. The Morgan fingerprint density at radius 2 is 1.87 bits per heavy atom. The number of esters is 1. The van der Waals surface area contributed by atoms with Gasteiger partial charge in [0, 0.05) is 13.1 Å². The molecule has 3 rings (SSSR count). The maximum Gasteiger partial charge on any atom is 0.338 e. The number of likely N-dealkylation sites (tertiary alicyclic amines) is 1. The standard InChI is InChI=1S/C22H28N2O6/c1-4-27-20-12-17(22(26)29-13-18-15(2)23-30-16(18)3)8-9-19(20)28-14-21(25)24-10-6-5-7-11-24/h8-9,12H,4-7,10-11,13-14H2,1-3H3. The minimum Gasteiger partial charge on any atom is -0.490 e. The zero-order valence-corrected chi connectivity index (χ0v) is 17.7. The number of nitrogens with zero attached hydrogens (tertiary/aromatic N) is 2. The molecule has 1 fully saturated rings. The molecular formula is C22H28N2O6. The Morgan fingerprint density at radius 3 is 2.53 bits per heavy atom. The summed E-state index contributed by atoms with van der Waals surface area (Å²) in [5, 5.41) is 3.85. The summed E-state index contributed by atoms with van der Waals surface area (Å²) in [5.41, 5.74) is 1.78. The Morgan fingerprint density at radius 1 is 1.10 bits per heavy atom. The molecule has 1 aliphatic rings. The number of benzene rings is 1. The molecule has 2 heterocycles. The van der Waals surface area contributed by atoms with Gasteiger partial charge in [-0.1, -0.05) is 5.16 Å². The third kappa shape index (κ3) is 5.31. The van der Waals surface area contributed by atoms with E-state index in [-0.39, 0.29) is 19.1 Å². The normalized spacial score (nSPS) is 13.8. The van der Waals surface area contributed by atoms with E-state index < -0.39 is 5.97 Å². The van der Waals surface area contributed by atoms with Crippen LogP contribution in [-0.2, 0) is 16.1 Å². The van der Waals surface area contributed by atoms with E-state index in [0.717, 1.165) is 37.9 Å². The summed E-state index contributed by atoms with van der Waals surface area (Å²) < 4.78 is 21.8. The molecule has 1 saturated heterocycles. The van der Waals surface area contributed by atoms with Crippen molar-refractivity contribution < 1.29 is 28.3 Å². The van der Waals surface area contributed by atoms with Crippen molar-refractivity contribution in [2.75, 3.05) is 26.3 Å². The highest BCUT2D eigenvalue weighted by molar-refractivity contribution is 5.90. The summed E-state index contributed by atoms with van der Waals surface area (Å²) in [4.78, 5) is 26.6. The van der Waals surface area contributed by atoms with Crippen molar-refractivity contribution in [2.45, 2.75) is 46.6 Å². The lowest BCUT2D eigenvalue weighted by Crippen LogP contribution is -2.38. The van der Waals surface area contributed by atoms with E-state index in [1.54, 1.807) is 32.0 Å². The lowest BCUT2D eigenvalue weighted by atomic mass is 10.1. The monoisotopic (exact) mass is 416 g/mol. The Kier molecular flexibility index (Phi) is 7.32. The first-order valence-corrected chi connectivity index (χ1v) is 10.3. The number of piperidine rings is 1. The van der Waals surface area contributed by atoms with Gasteiger partial charge in [0.15, 0.2) is 18.1 Å². The average Bonchev–Trinajstić information content (AvgIpc) is 3.09. The van der Waals surface area contributed by atoms with Crippen LogP contribution in [0.5, 0.6) is 11.5 Å². The highest BCUT2D eigenvalue weighted by atomic mass is 16.5. The fourth-order valence-corrected chi connectivity index (χ4v) is 3.33. The maximum absolute atomic E-state index is 12.5. The minimum atomic E-state index is -0.494. The molecule has 0 aliphatic carbocycles. The van der Waals surface area contributed by atoms with Crippen molar-refractivity contribution in [3.8, 4) is 11.5 Å². The van der Waals surface area contributed by atoms with Crippen LogP contribution in [0.15, 0.2) is 22.7 Å². The summed E-state index contributed by atoms with van der Waals surface area (Å²) in [6.45, 7) is 7.37. The number of carbonyl (C=O) groups is 2. The second-order valence-corrected chi connectivity index (χ2v) is 7.20. The highest BCUT2D eigenvalue weighted by Gasteiger charge is 2.19. The number of amides is 1. The first kappa shape index (κ1) is 21.7. The summed E-state index contributed by atoms with van der Waals surface area (Å²) in [6.07, 6.45) is 3.22. The largest absolute Gasteiger partial charge is 0.490 e. The second kappa shape index (κ2) is 10.1. The van der Waals surface area contributed by atoms with E-state index in [0.29, 0.717) is 35.1 Å². The summed E-state index contributed by atoms with van der Waals surface area (Å²) in [7, 11) is 0. The van der Waals surface area contributed by atoms with Crippen LogP contribution in [0.4, 0.5) is 0 Å². The topological polar surface area (TPSA) is 91.1 Å². The molecule has 162 valence electrons. The predicted molar refractivity (Wildman–Crippen MR) is 109 cm³/mol. The first-order valence-electron chi connectivity index (χ1n) is 10.3. The van der Waals surface area contributed by atoms with Crippen LogP contribution in [-0.4, -0.2) is 48.2 Å². The van der Waals surface area contributed by atoms with Gasteiger partial charge in [0.05, 0.1) is 23.4 Å². The Hall–Kier alpha value is -3.03. The molecule has 0 unspecified atom stereocenters. The van der Waals surface area contributed by atoms with Crippen LogP contribution >= 0.6 is 0 Å². The third-order valence-electron chi connectivity index (χ3n) is 5.07. The zero-order valence-electron chi connectivity index (χ0n) is 17.7. The number of carbonyl (C=O) groups excluding carboxylic acids is 2. The predicted octanol–water partition coefficient (Wildman–Crippen LogP) is 3.44. The number of aromatic nitrogens is 1. The van der Waals surface area contributed by atoms with E-state index in [4.69, 9.17) is 18.7 Å². The molecule has 0 atom stereocenters. The number of hydrogen-bond acceptors (Lipinski definition) is 7. The maximum atomic E-state index is 12.5. The molecule has 1 aliphatic heterocycles. The first-order chi connectivity index (χ1) is 14.5. The van der Waals surface area contributed by atoms with E-state index in [1.165, 1.54) is 0 Å². The molecule has 1 aromatic heterocycles. The van der Waals surface area contributed by atoms with Gasteiger partial charge in [-0.25, -0.2) is 4.79 Å². The quantitative estimate of drug-likeness (QED) is 0.609. The number of ether oxygens (including phenoxy) is 3. The van der Waals surface area contributed by atoms with Crippen LogP contribution in [0.25, 0.3) is 0 Å². The number of rotatable bonds is 8. The minimum absolute atomic E-state index is 0.0416. The summed E-state index contributed by atoms with van der Waals surface area (Å²) >= 11 is 0. The van der Waals surface area contributed by atoms with Gasteiger partial charge in [-0.2, -0.15) is 0 Å². The van der Waals surface area contributed by atoms with E-state index in [9.17, 15) is 9.59 Å². The van der Waals surface area contributed by atoms with E-state index in [2.05, 4.69) is 5.16 Å². The van der Waals surface area contributed by atoms with E-state index in [1.807, 2.05) is 11.8 Å². The van der Waals surface area contributed by atoms with Gasteiger partial charge in [0.25, 0.3) is 5.91 Å². The zero-order chi connectivity index (χ0) is 21.5. The van der Waals surface area contributed by atoms with Gasteiger partial charge < -0.3 is 23.6 Å². The fraction of sp³-hybridized carbons (Fsp3) is 0.500. The molecule has 8 heteroatoms. The summed E-state index contributed by atoms with van der Waals surface area (Å²) in [5.74, 6) is 0.907. The van der Waals surface area contributed by atoms with Crippen molar-refractivity contribution in [1.82, 2.24) is 10.1 Å². The van der Waals surface area contributed by atoms with Crippen LogP contribution in [0.3, 0.4) is 0 Å². The lowest BCUT2D eigenvalue weighted by Gasteiger charge is -2.26. The third-order valence-corrected chi connectivity index (χ3v) is 5.07. The molecule has 0 radical (unpaired) electrons. The Bertz CT molecular complexity index is 866. The molecule has 8 nitrogen and oxygen atoms in total. The van der Waals surface area contributed by atoms with Crippen molar-refractivity contribution in [1.29, 1.82) is 0 Å². The number of hydrogen-bond donors (Lipinski definition) is 0. The molecular weight excluding hydrogens is 388 g/mol. The Balaban J connectivity index is 1.63. The molecule has 1 aromatic carbocycles. The second-order valence-electron chi connectivity index (χ2n) is 7.20. The van der Waals surface area contributed by atoms with Crippen LogP contribution in [0.2, 0.25) is 0 Å². The summed E-state index contributed by atoms with van der Waals surface area (Å²) in [6, 6.07) is 4.79.